The van der Waals surface area contributed by atoms with Gasteiger partial charge >= 0.3 is 0 Å². The molecule has 2 heterocycles. The molecule has 0 atom stereocenters. The predicted molar refractivity (Wildman–Crippen MR) is 98.0 cm³/mol. The fourth-order valence-electron chi connectivity index (χ4n) is 3.33. The molecule has 2 aromatic rings. The van der Waals surface area contributed by atoms with Crippen LogP contribution in [0, 0.1) is 12.8 Å². The molecule has 26 heavy (non-hydrogen) atoms. The molecule has 0 spiro atoms. The number of rotatable bonds is 6. The Morgan fingerprint density at radius 3 is 2.50 bits per heavy atom. The first-order chi connectivity index (χ1) is 12.5. The van der Waals surface area contributed by atoms with Gasteiger partial charge in [0.15, 0.2) is 0 Å². The first-order valence-corrected chi connectivity index (χ1v) is 10.1. The molecule has 0 N–H and O–H groups in total. The van der Waals surface area contributed by atoms with Crippen molar-refractivity contribution in [1.82, 2.24) is 13.9 Å². The molecular formula is C18H25N3O4S. The Balaban J connectivity index is 1.73. The van der Waals surface area contributed by atoms with Crippen molar-refractivity contribution in [2.24, 2.45) is 5.92 Å². The number of benzene rings is 1. The highest BCUT2D eigenvalue weighted by molar-refractivity contribution is 7.89. The average molecular weight is 379 g/mol. The van der Waals surface area contributed by atoms with Gasteiger partial charge in [-0.1, -0.05) is 0 Å². The van der Waals surface area contributed by atoms with E-state index in [1.807, 2.05) is 13.1 Å². The van der Waals surface area contributed by atoms with Crippen molar-refractivity contribution in [2.45, 2.75) is 31.2 Å². The highest BCUT2D eigenvalue weighted by atomic mass is 32.2. The summed E-state index contributed by atoms with van der Waals surface area (Å²) in [4.78, 5) is 4.40. The third kappa shape index (κ3) is 3.71. The lowest BCUT2D eigenvalue weighted by atomic mass is 9.98. The van der Waals surface area contributed by atoms with Gasteiger partial charge in [-0.2, -0.15) is 4.31 Å². The summed E-state index contributed by atoms with van der Waals surface area (Å²) in [5, 5.41) is 0. The van der Waals surface area contributed by atoms with Crippen LogP contribution in [0.5, 0.6) is 11.5 Å². The van der Waals surface area contributed by atoms with E-state index in [2.05, 4.69) is 9.55 Å². The average Bonchev–Trinajstić information content (AvgIpc) is 3.06. The molecule has 1 aromatic carbocycles. The number of nitrogens with zero attached hydrogens (tertiary/aromatic N) is 3. The van der Waals surface area contributed by atoms with Gasteiger partial charge in [-0.15, -0.1) is 0 Å². The van der Waals surface area contributed by atoms with Gasteiger partial charge in [-0.05, 0) is 37.8 Å². The Bertz CT molecular complexity index is 855. The predicted octanol–water partition coefficient (Wildman–Crippen LogP) is 2.31. The van der Waals surface area contributed by atoms with Crippen LogP contribution < -0.4 is 9.47 Å². The van der Waals surface area contributed by atoms with Gasteiger partial charge < -0.3 is 14.0 Å². The molecule has 1 aromatic heterocycles. The quantitative estimate of drug-likeness (QED) is 0.770. The summed E-state index contributed by atoms with van der Waals surface area (Å²) < 4.78 is 40.3. The SMILES string of the molecule is COc1ccc(OC)c(S(=O)(=O)N2CCC(Cn3ccnc3C)CC2)c1. The molecule has 0 unspecified atom stereocenters. The molecule has 1 saturated heterocycles. The summed E-state index contributed by atoms with van der Waals surface area (Å²) in [7, 11) is -0.633. The van der Waals surface area contributed by atoms with Gasteiger partial charge in [-0.3, -0.25) is 0 Å². The van der Waals surface area contributed by atoms with E-state index in [1.54, 1.807) is 22.6 Å². The van der Waals surface area contributed by atoms with Crippen molar-refractivity contribution in [3.63, 3.8) is 0 Å². The van der Waals surface area contributed by atoms with Crippen LogP contribution in [-0.2, 0) is 16.6 Å². The van der Waals surface area contributed by atoms with Crippen molar-refractivity contribution in [3.8, 4) is 11.5 Å². The van der Waals surface area contributed by atoms with Crippen molar-refractivity contribution < 1.29 is 17.9 Å². The Hall–Kier alpha value is -2.06. The largest absolute Gasteiger partial charge is 0.497 e. The fourth-order valence-corrected chi connectivity index (χ4v) is 4.97. The second-order valence-electron chi connectivity index (χ2n) is 6.49. The number of hydrogen-bond acceptors (Lipinski definition) is 5. The van der Waals surface area contributed by atoms with E-state index >= 15 is 0 Å². The molecule has 0 radical (unpaired) electrons. The number of methoxy groups -OCH3 is 2. The first kappa shape index (κ1) is 18.7. The lowest BCUT2D eigenvalue weighted by Crippen LogP contribution is -2.39. The summed E-state index contributed by atoms with van der Waals surface area (Å²) in [5.41, 5.74) is 0. The number of aryl methyl sites for hydroxylation is 1. The molecule has 7 nitrogen and oxygen atoms in total. The van der Waals surface area contributed by atoms with Gasteiger partial charge in [0.05, 0.1) is 14.2 Å². The molecule has 0 amide bonds. The summed E-state index contributed by atoms with van der Waals surface area (Å²) >= 11 is 0. The van der Waals surface area contributed by atoms with E-state index in [0.29, 0.717) is 30.5 Å². The van der Waals surface area contributed by atoms with E-state index in [0.717, 1.165) is 25.2 Å². The Labute approximate surface area is 154 Å². The third-order valence-electron chi connectivity index (χ3n) is 4.94. The maximum absolute atomic E-state index is 13.1. The number of piperidine rings is 1. The van der Waals surface area contributed by atoms with Crippen molar-refractivity contribution in [1.29, 1.82) is 0 Å². The van der Waals surface area contributed by atoms with Crippen molar-refractivity contribution in [2.75, 3.05) is 27.3 Å². The fraction of sp³-hybridized carbons (Fsp3) is 0.500. The highest BCUT2D eigenvalue weighted by Gasteiger charge is 2.32. The smallest absolute Gasteiger partial charge is 0.246 e. The summed E-state index contributed by atoms with van der Waals surface area (Å²) in [6.07, 6.45) is 5.41. The Morgan fingerprint density at radius 2 is 1.92 bits per heavy atom. The Morgan fingerprint density at radius 1 is 1.19 bits per heavy atom. The van der Waals surface area contributed by atoms with Crippen molar-refractivity contribution in [3.05, 3.63) is 36.4 Å². The first-order valence-electron chi connectivity index (χ1n) is 8.65. The minimum absolute atomic E-state index is 0.156. The zero-order valence-electron chi connectivity index (χ0n) is 15.4. The number of sulfonamides is 1. The van der Waals surface area contributed by atoms with E-state index in [9.17, 15) is 8.42 Å². The van der Waals surface area contributed by atoms with Gasteiger partial charge in [0.2, 0.25) is 10.0 Å². The van der Waals surface area contributed by atoms with Gasteiger partial charge in [-0.25, -0.2) is 13.4 Å². The van der Waals surface area contributed by atoms with Crippen LogP contribution in [0.25, 0.3) is 0 Å². The lowest BCUT2D eigenvalue weighted by Gasteiger charge is -2.31. The van der Waals surface area contributed by atoms with Crippen LogP contribution in [0.4, 0.5) is 0 Å². The topological polar surface area (TPSA) is 73.7 Å². The van der Waals surface area contributed by atoms with Gasteiger partial charge in [0, 0.05) is 38.1 Å². The second-order valence-corrected chi connectivity index (χ2v) is 8.40. The monoisotopic (exact) mass is 379 g/mol. The minimum Gasteiger partial charge on any atom is -0.497 e. The molecule has 142 valence electrons. The number of ether oxygens (including phenoxy) is 2. The van der Waals surface area contributed by atoms with E-state index in [-0.39, 0.29) is 4.90 Å². The van der Waals surface area contributed by atoms with Crippen LogP contribution in [-0.4, -0.2) is 49.6 Å². The molecule has 0 saturated carbocycles. The van der Waals surface area contributed by atoms with Gasteiger partial charge in [0.25, 0.3) is 0 Å². The lowest BCUT2D eigenvalue weighted by molar-refractivity contribution is 0.251. The summed E-state index contributed by atoms with van der Waals surface area (Å²) in [6.45, 7) is 3.86. The summed E-state index contributed by atoms with van der Waals surface area (Å²) in [6, 6.07) is 4.84. The van der Waals surface area contributed by atoms with Crippen molar-refractivity contribution >= 4 is 10.0 Å². The molecule has 1 aliphatic rings. The molecule has 0 aliphatic carbocycles. The maximum atomic E-state index is 13.1. The molecule has 1 aliphatic heterocycles. The molecule has 0 bridgehead atoms. The Kier molecular flexibility index (Phi) is 5.52. The second kappa shape index (κ2) is 7.67. The van der Waals surface area contributed by atoms with Gasteiger partial charge in [0.1, 0.15) is 22.2 Å². The van der Waals surface area contributed by atoms with Crippen LogP contribution in [0.1, 0.15) is 18.7 Å². The van der Waals surface area contributed by atoms with Crippen LogP contribution in [0.15, 0.2) is 35.5 Å². The standard InChI is InChI=1S/C18H25N3O4S/c1-14-19-8-11-20(14)13-15-6-9-21(10-7-15)26(22,23)18-12-16(24-2)4-5-17(18)25-3/h4-5,8,11-12,15H,6-7,9-10,13H2,1-3H3. The highest BCUT2D eigenvalue weighted by Crippen LogP contribution is 2.32. The minimum atomic E-state index is -3.62. The number of aromatic nitrogens is 2. The zero-order chi connectivity index (χ0) is 18.7. The molecule has 8 heteroatoms. The molecular weight excluding hydrogens is 354 g/mol. The summed E-state index contributed by atoms with van der Waals surface area (Å²) in [5.74, 6) is 2.26. The van der Waals surface area contributed by atoms with Crippen LogP contribution >= 0.6 is 0 Å². The number of hydrogen-bond donors (Lipinski definition) is 0. The third-order valence-corrected chi connectivity index (χ3v) is 6.86. The normalized spacial score (nSPS) is 16.6. The van der Waals surface area contributed by atoms with E-state index in [4.69, 9.17) is 9.47 Å². The van der Waals surface area contributed by atoms with Crippen LogP contribution in [0.2, 0.25) is 0 Å². The maximum Gasteiger partial charge on any atom is 0.246 e. The van der Waals surface area contributed by atoms with E-state index in [1.165, 1.54) is 20.3 Å². The number of imidazole rings is 1. The zero-order valence-corrected chi connectivity index (χ0v) is 16.2. The molecule has 3 rings (SSSR count). The molecule has 1 fully saturated rings. The van der Waals surface area contributed by atoms with Crippen LogP contribution in [0.3, 0.4) is 0 Å². The van der Waals surface area contributed by atoms with E-state index < -0.39 is 10.0 Å².